The normalized spacial score (nSPS) is 11.8. The highest BCUT2D eigenvalue weighted by atomic mass is 31.2. The van der Waals surface area contributed by atoms with Crippen LogP contribution in [0.2, 0.25) is 0 Å². The van der Waals surface area contributed by atoms with Crippen molar-refractivity contribution in [2.75, 3.05) is 27.2 Å². The number of rotatable bonds is 4. The molecule has 1 amide bonds. The summed E-state index contributed by atoms with van der Waals surface area (Å²) in [5, 5.41) is 2.11. The number of hydrogen-bond acceptors (Lipinski definition) is 3. The standard InChI is InChI=1S/C5H13N2O4P/c1-7(2)4-3-6-5(8)12(9,10)11/h3-4H2,1-2H3,(H,6,8)(H2,9,10,11). The highest BCUT2D eigenvalue weighted by Crippen LogP contribution is 2.34. The van der Waals surface area contributed by atoms with Crippen molar-refractivity contribution in [1.82, 2.24) is 10.2 Å². The second kappa shape index (κ2) is 4.57. The summed E-state index contributed by atoms with van der Waals surface area (Å²) in [6.07, 6.45) is 0. The fraction of sp³-hybridized carbons (Fsp3) is 0.800. The molecule has 0 rings (SSSR count). The Bertz CT molecular complexity index is 200. The molecule has 0 heterocycles. The van der Waals surface area contributed by atoms with Crippen LogP contribution < -0.4 is 5.32 Å². The van der Waals surface area contributed by atoms with Crippen LogP contribution in [-0.2, 0) is 4.57 Å². The first-order valence-corrected chi connectivity index (χ1v) is 4.94. The zero-order valence-electron chi connectivity index (χ0n) is 7.02. The van der Waals surface area contributed by atoms with Crippen molar-refractivity contribution in [3.8, 4) is 0 Å². The van der Waals surface area contributed by atoms with Gasteiger partial charge < -0.3 is 20.0 Å². The Labute approximate surface area is 70.7 Å². The largest absolute Gasteiger partial charge is 0.413 e. The fourth-order valence-corrected chi connectivity index (χ4v) is 0.807. The quantitative estimate of drug-likeness (QED) is 0.524. The SMILES string of the molecule is CN(C)CCNC(=O)P(=O)(O)O. The molecule has 0 aliphatic rings. The Morgan fingerprint density at radius 1 is 1.50 bits per heavy atom. The van der Waals surface area contributed by atoms with Gasteiger partial charge in [-0.3, -0.25) is 4.79 Å². The lowest BCUT2D eigenvalue weighted by Gasteiger charge is -2.10. The van der Waals surface area contributed by atoms with Crippen molar-refractivity contribution in [2.45, 2.75) is 0 Å². The molecule has 72 valence electrons. The number of nitrogens with one attached hydrogen (secondary N) is 1. The average molecular weight is 196 g/mol. The molecule has 0 aromatic rings. The van der Waals surface area contributed by atoms with E-state index < -0.39 is 13.2 Å². The maximum absolute atomic E-state index is 10.6. The van der Waals surface area contributed by atoms with Crippen LogP contribution in [0.3, 0.4) is 0 Å². The second-order valence-electron chi connectivity index (χ2n) is 2.58. The summed E-state index contributed by atoms with van der Waals surface area (Å²) >= 11 is 0. The van der Waals surface area contributed by atoms with Crippen LogP contribution >= 0.6 is 7.60 Å². The Kier molecular flexibility index (Phi) is 4.41. The van der Waals surface area contributed by atoms with Gasteiger partial charge in [-0.2, -0.15) is 0 Å². The predicted octanol–water partition coefficient (Wildman–Crippen LogP) is -0.565. The van der Waals surface area contributed by atoms with Gasteiger partial charge in [0.1, 0.15) is 0 Å². The Hall–Kier alpha value is -0.420. The molecule has 0 aromatic carbocycles. The molecular weight excluding hydrogens is 183 g/mol. The van der Waals surface area contributed by atoms with Crippen LogP contribution in [0.1, 0.15) is 0 Å². The summed E-state index contributed by atoms with van der Waals surface area (Å²) < 4.78 is 10.3. The lowest BCUT2D eigenvalue weighted by atomic mass is 10.6. The number of hydrogen-bond donors (Lipinski definition) is 3. The van der Waals surface area contributed by atoms with Crippen molar-refractivity contribution < 1.29 is 19.1 Å². The lowest BCUT2D eigenvalue weighted by molar-refractivity contribution is 0.247. The van der Waals surface area contributed by atoms with Gasteiger partial charge in [0, 0.05) is 13.1 Å². The molecule has 7 heteroatoms. The Morgan fingerprint density at radius 2 is 2.00 bits per heavy atom. The van der Waals surface area contributed by atoms with Crippen molar-refractivity contribution in [3.05, 3.63) is 0 Å². The van der Waals surface area contributed by atoms with E-state index >= 15 is 0 Å². The van der Waals surface area contributed by atoms with Gasteiger partial charge in [0.15, 0.2) is 0 Å². The van der Waals surface area contributed by atoms with Gasteiger partial charge in [0.2, 0.25) is 0 Å². The Morgan fingerprint density at radius 3 is 2.33 bits per heavy atom. The molecule has 12 heavy (non-hydrogen) atoms. The van der Waals surface area contributed by atoms with E-state index in [1.807, 2.05) is 0 Å². The first kappa shape index (κ1) is 11.6. The highest BCUT2D eigenvalue weighted by Gasteiger charge is 2.24. The van der Waals surface area contributed by atoms with E-state index in [-0.39, 0.29) is 6.54 Å². The number of carbonyl (C=O) groups is 1. The van der Waals surface area contributed by atoms with Crippen LogP contribution in [0.25, 0.3) is 0 Å². The molecule has 0 radical (unpaired) electrons. The number of nitrogens with zero attached hydrogens (tertiary/aromatic N) is 1. The van der Waals surface area contributed by atoms with Gasteiger partial charge in [-0.25, -0.2) is 4.57 Å². The van der Waals surface area contributed by atoms with Gasteiger partial charge in [-0.15, -0.1) is 0 Å². The predicted molar refractivity (Wildman–Crippen MR) is 44.0 cm³/mol. The van der Waals surface area contributed by atoms with E-state index in [9.17, 15) is 9.36 Å². The van der Waals surface area contributed by atoms with Gasteiger partial charge in [0.25, 0.3) is 0 Å². The number of carbonyl (C=O) groups excluding carboxylic acids is 1. The summed E-state index contributed by atoms with van der Waals surface area (Å²) in [6.45, 7) is 0.780. The molecule has 0 spiro atoms. The summed E-state index contributed by atoms with van der Waals surface area (Å²) in [6, 6.07) is 0. The van der Waals surface area contributed by atoms with Crippen molar-refractivity contribution in [1.29, 1.82) is 0 Å². The number of likely N-dealkylation sites (N-methyl/N-ethyl adjacent to an activating group) is 1. The zero-order chi connectivity index (χ0) is 9.78. The van der Waals surface area contributed by atoms with E-state index in [1.54, 1.807) is 19.0 Å². The molecule has 0 fully saturated rings. The fourth-order valence-electron chi connectivity index (χ4n) is 0.489. The van der Waals surface area contributed by atoms with E-state index in [0.29, 0.717) is 6.54 Å². The zero-order valence-corrected chi connectivity index (χ0v) is 7.91. The minimum atomic E-state index is -4.59. The van der Waals surface area contributed by atoms with Crippen molar-refractivity contribution in [2.24, 2.45) is 0 Å². The number of amides is 1. The van der Waals surface area contributed by atoms with E-state index in [0.717, 1.165) is 0 Å². The smallest absolute Gasteiger partial charge is 0.344 e. The van der Waals surface area contributed by atoms with Gasteiger partial charge in [-0.05, 0) is 14.1 Å². The first-order valence-electron chi connectivity index (χ1n) is 3.32. The molecule has 0 saturated heterocycles. The molecule has 0 aliphatic heterocycles. The van der Waals surface area contributed by atoms with E-state index in [2.05, 4.69) is 5.32 Å². The molecule has 6 nitrogen and oxygen atoms in total. The van der Waals surface area contributed by atoms with Crippen LogP contribution in [0.15, 0.2) is 0 Å². The van der Waals surface area contributed by atoms with Crippen molar-refractivity contribution in [3.63, 3.8) is 0 Å². The molecular formula is C5H13N2O4P. The third kappa shape index (κ3) is 5.26. The molecule has 0 aliphatic carbocycles. The maximum Gasteiger partial charge on any atom is 0.413 e. The molecule has 0 unspecified atom stereocenters. The van der Waals surface area contributed by atoms with Gasteiger partial charge in [0.05, 0.1) is 0 Å². The Balaban J connectivity index is 3.67. The third-order valence-electron chi connectivity index (χ3n) is 1.10. The summed E-state index contributed by atoms with van der Waals surface area (Å²) in [4.78, 5) is 29.0. The second-order valence-corrected chi connectivity index (χ2v) is 4.07. The average Bonchev–Trinajstić information content (AvgIpc) is 1.84. The highest BCUT2D eigenvalue weighted by molar-refractivity contribution is 7.69. The van der Waals surface area contributed by atoms with Crippen LogP contribution in [-0.4, -0.2) is 47.5 Å². The summed E-state index contributed by atoms with van der Waals surface area (Å²) in [7, 11) is -0.995. The van der Waals surface area contributed by atoms with E-state index in [4.69, 9.17) is 9.79 Å². The van der Waals surface area contributed by atoms with Gasteiger partial charge in [-0.1, -0.05) is 0 Å². The topological polar surface area (TPSA) is 89.9 Å². The third-order valence-corrected chi connectivity index (χ3v) is 1.79. The molecule has 0 aromatic heterocycles. The summed E-state index contributed by atoms with van der Waals surface area (Å²) in [5.74, 6) is 0. The maximum atomic E-state index is 10.6. The van der Waals surface area contributed by atoms with Crippen LogP contribution in [0, 0.1) is 0 Å². The molecule has 3 N–H and O–H groups in total. The monoisotopic (exact) mass is 196 g/mol. The minimum Gasteiger partial charge on any atom is -0.344 e. The van der Waals surface area contributed by atoms with E-state index in [1.165, 1.54) is 0 Å². The summed E-state index contributed by atoms with van der Waals surface area (Å²) in [5.41, 5.74) is -1.22. The molecule has 0 bridgehead atoms. The minimum absolute atomic E-state index is 0.233. The molecule has 0 atom stereocenters. The van der Waals surface area contributed by atoms with Gasteiger partial charge >= 0.3 is 13.2 Å². The lowest BCUT2D eigenvalue weighted by Crippen LogP contribution is -2.30. The van der Waals surface area contributed by atoms with Crippen LogP contribution in [0.5, 0.6) is 0 Å². The molecule has 0 saturated carbocycles. The van der Waals surface area contributed by atoms with Crippen molar-refractivity contribution >= 4 is 13.2 Å². The van der Waals surface area contributed by atoms with Crippen LogP contribution in [0.4, 0.5) is 4.79 Å². The first-order chi connectivity index (χ1) is 5.34.